The Morgan fingerprint density at radius 1 is 1.45 bits per heavy atom. The van der Waals surface area contributed by atoms with E-state index in [4.69, 9.17) is 0 Å². The standard InChI is InChI=1S/C17H21BrN2O2/c1-2-20-11-12(9-15(20)21)16(22)19-17(7-4-8-17)13-5-3-6-14(18)10-13/h3,5-6,10,12H,2,4,7-9,11H2,1H3,(H,19,22)/t12-/m1/s1. The van der Waals surface area contributed by atoms with Crippen LogP contribution in [-0.2, 0) is 15.1 Å². The number of nitrogens with zero attached hydrogens (tertiary/aromatic N) is 1. The molecule has 5 heteroatoms. The second-order valence-corrected chi connectivity index (χ2v) is 7.18. The topological polar surface area (TPSA) is 49.4 Å². The molecule has 1 saturated heterocycles. The van der Waals surface area contributed by atoms with E-state index in [1.165, 1.54) is 0 Å². The van der Waals surface area contributed by atoms with Crippen molar-refractivity contribution in [2.24, 2.45) is 5.92 Å². The molecule has 1 aliphatic carbocycles. The van der Waals surface area contributed by atoms with Gasteiger partial charge in [-0.25, -0.2) is 0 Å². The molecule has 2 fully saturated rings. The number of amides is 2. The predicted octanol–water partition coefficient (Wildman–Crippen LogP) is 2.81. The minimum Gasteiger partial charge on any atom is -0.346 e. The average molecular weight is 365 g/mol. The lowest BCUT2D eigenvalue weighted by Crippen LogP contribution is -2.52. The van der Waals surface area contributed by atoms with E-state index in [9.17, 15) is 9.59 Å². The van der Waals surface area contributed by atoms with Gasteiger partial charge in [0.25, 0.3) is 0 Å². The first-order valence-electron chi connectivity index (χ1n) is 7.90. The molecule has 118 valence electrons. The Balaban J connectivity index is 1.73. The first-order valence-corrected chi connectivity index (χ1v) is 8.69. The molecule has 2 aliphatic rings. The van der Waals surface area contributed by atoms with Gasteiger partial charge in [-0.15, -0.1) is 0 Å². The van der Waals surface area contributed by atoms with E-state index >= 15 is 0 Å². The maximum Gasteiger partial charge on any atom is 0.226 e. The maximum atomic E-state index is 12.6. The van der Waals surface area contributed by atoms with Crippen molar-refractivity contribution >= 4 is 27.7 Å². The maximum absolute atomic E-state index is 12.6. The van der Waals surface area contributed by atoms with Crippen molar-refractivity contribution in [3.05, 3.63) is 34.3 Å². The zero-order valence-corrected chi connectivity index (χ0v) is 14.4. The van der Waals surface area contributed by atoms with Crippen LogP contribution in [0.1, 0.15) is 38.2 Å². The van der Waals surface area contributed by atoms with E-state index in [1.54, 1.807) is 4.90 Å². The summed E-state index contributed by atoms with van der Waals surface area (Å²) in [6.07, 6.45) is 3.40. The normalized spacial score (nSPS) is 23.3. The van der Waals surface area contributed by atoms with Gasteiger partial charge < -0.3 is 10.2 Å². The molecule has 1 aliphatic heterocycles. The Morgan fingerprint density at radius 3 is 2.77 bits per heavy atom. The monoisotopic (exact) mass is 364 g/mol. The number of benzene rings is 1. The van der Waals surface area contributed by atoms with Crippen molar-refractivity contribution in [1.82, 2.24) is 10.2 Å². The van der Waals surface area contributed by atoms with Crippen molar-refractivity contribution in [3.63, 3.8) is 0 Å². The van der Waals surface area contributed by atoms with Crippen molar-refractivity contribution < 1.29 is 9.59 Å². The van der Waals surface area contributed by atoms with Gasteiger partial charge in [0.15, 0.2) is 0 Å². The van der Waals surface area contributed by atoms with E-state index < -0.39 is 0 Å². The fraction of sp³-hybridized carbons (Fsp3) is 0.529. The highest BCUT2D eigenvalue weighted by atomic mass is 79.9. The Kier molecular flexibility index (Phi) is 4.26. The third-order valence-electron chi connectivity index (χ3n) is 4.91. The molecule has 3 rings (SSSR count). The molecule has 22 heavy (non-hydrogen) atoms. The molecule has 0 aromatic heterocycles. The molecule has 0 spiro atoms. The Morgan fingerprint density at radius 2 is 2.23 bits per heavy atom. The van der Waals surface area contributed by atoms with Crippen LogP contribution in [0.15, 0.2) is 28.7 Å². The highest BCUT2D eigenvalue weighted by Crippen LogP contribution is 2.42. The Labute approximate surface area is 139 Å². The summed E-state index contributed by atoms with van der Waals surface area (Å²) in [6.45, 7) is 3.18. The fourth-order valence-corrected chi connectivity index (χ4v) is 3.79. The third kappa shape index (κ3) is 2.78. The minimum atomic E-state index is -0.246. The number of rotatable bonds is 4. The molecule has 1 heterocycles. The van der Waals surface area contributed by atoms with Gasteiger partial charge in [0.2, 0.25) is 11.8 Å². The van der Waals surface area contributed by atoms with E-state index in [0.29, 0.717) is 19.5 Å². The van der Waals surface area contributed by atoms with E-state index in [2.05, 4.69) is 33.4 Å². The molecule has 1 aromatic rings. The van der Waals surface area contributed by atoms with Crippen molar-refractivity contribution in [2.75, 3.05) is 13.1 Å². The number of hydrogen-bond donors (Lipinski definition) is 1. The lowest BCUT2D eigenvalue weighted by Gasteiger charge is -2.43. The van der Waals surface area contributed by atoms with Crippen LogP contribution in [0.3, 0.4) is 0 Å². The van der Waals surface area contributed by atoms with Crippen LogP contribution in [0.2, 0.25) is 0 Å². The fourth-order valence-electron chi connectivity index (χ4n) is 3.39. The minimum absolute atomic E-state index is 0.0176. The summed E-state index contributed by atoms with van der Waals surface area (Å²) in [6, 6.07) is 8.15. The number of likely N-dealkylation sites (tertiary alicyclic amines) is 1. The summed E-state index contributed by atoms with van der Waals surface area (Å²) in [5, 5.41) is 3.24. The van der Waals surface area contributed by atoms with Crippen LogP contribution in [0.5, 0.6) is 0 Å². The molecular weight excluding hydrogens is 344 g/mol. The summed E-state index contributed by atoms with van der Waals surface area (Å²) in [5.74, 6) is -0.103. The summed E-state index contributed by atoms with van der Waals surface area (Å²) in [5.41, 5.74) is 0.905. The lowest BCUT2D eigenvalue weighted by atomic mass is 9.71. The van der Waals surface area contributed by atoms with Crippen LogP contribution in [0, 0.1) is 5.92 Å². The smallest absolute Gasteiger partial charge is 0.226 e. The number of carbonyl (C=O) groups is 2. The van der Waals surface area contributed by atoms with E-state index in [-0.39, 0.29) is 23.3 Å². The zero-order chi connectivity index (χ0) is 15.7. The highest BCUT2D eigenvalue weighted by Gasteiger charge is 2.43. The highest BCUT2D eigenvalue weighted by molar-refractivity contribution is 9.10. The van der Waals surface area contributed by atoms with Gasteiger partial charge in [-0.1, -0.05) is 28.1 Å². The van der Waals surface area contributed by atoms with Crippen LogP contribution in [-0.4, -0.2) is 29.8 Å². The summed E-state index contributed by atoms with van der Waals surface area (Å²) in [4.78, 5) is 26.2. The van der Waals surface area contributed by atoms with E-state index in [1.807, 2.05) is 19.1 Å². The van der Waals surface area contributed by atoms with Gasteiger partial charge in [0.1, 0.15) is 0 Å². The third-order valence-corrected chi connectivity index (χ3v) is 5.41. The first-order chi connectivity index (χ1) is 10.5. The average Bonchev–Trinajstić information content (AvgIpc) is 2.84. The van der Waals surface area contributed by atoms with Gasteiger partial charge in [-0.3, -0.25) is 9.59 Å². The molecule has 1 N–H and O–H groups in total. The van der Waals surface area contributed by atoms with Gasteiger partial charge >= 0.3 is 0 Å². The van der Waals surface area contributed by atoms with Crippen LogP contribution in [0.4, 0.5) is 0 Å². The summed E-state index contributed by atoms with van der Waals surface area (Å²) < 4.78 is 1.03. The Bertz CT molecular complexity index is 598. The van der Waals surface area contributed by atoms with Gasteiger partial charge in [-0.2, -0.15) is 0 Å². The Hall–Kier alpha value is -1.36. The number of halogens is 1. The molecule has 1 atom stereocenters. The van der Waals surface area contributed by atoms with Crippen molar-refractivity contribution in [1.29, 1.82) is 0 Å². The number of carbonyl (C=O) groups excluding carboxylic acids is 2. The molecule has 2 amide bonds. The lowest BCUT2D eigenvalue weighted by molar-refractivity contribution is -0.130. The number of nitrogens with one attached hydrogen (secondary N) is 1. The predicted molar refractivity (Wildman–Crippen MR) is 88.2 cm³/mol. The largest absolute Gasteiger partial charge is 0.346 e. The second-order valence-electron chi connectivity index (χ2n) is 6.27. The van der Waals surface area contributed by atoms with Gasteiger partial charge in [0.05, 0.1) is 11.5 Å². The molecule has 0 radical (unpaired) electrons. The van der Waals surface area contributed by atoms with Crippen LogP contribution < -0.4 is 5.32 Å². The molecule has 1 aromatic carbocycles. The van der Waals surface area contributed by atoms with Crippen LogP contribution >= 0.6 is 15.9 Å². The molecule has 0 unspecified atom stereocenters. The molecule has 1 saturated carbocycles. The SMILES string of the molecule is CCN1C[C@H](C(=O)NC2(c3cccc(Br)c3)CCC2)CC1=O. The quantitative estimate of drug-likeness (QED) is 0.892. The van der Waals surface area contributed by atoms with Gasteiger partial charge in [0, 0.05) is 24.0 Å². The molecule has 4 nitrogen and oxygen atoms in total. The van der Waals surface area contributed by atoms with Gasteiger partial charge in [-0.05, 0) is 43.9 Å². The summed E-state index contributed by atoms with van der Waals surface area (Å²) in [7, 11) is 0. The zero-order valence-electron chi connectivity index (χ0n) is 12.8. The van der Waals surface area contributed by atoms with E-state index in [0.717, 1.165) is 29.3 Å². The van der Waals surface area contributed by atoms with Crippen molar-refractivity contribution in [2.45, 2.75) is 38.1 Å². The molecule has 0 bridgehead atoms. The first kappa shape index (κ1) is 15.5. The summed E-state index contributed by atoms with van der Waals surface area (Å²) >= 11 is 3.50. The molecular formula is C17H21BrN2O2. The van der Waals surface area contributed by atoms with Crippen molar-refractivity contribution in [3.8, 4) is 0 Å². The second kappa shape index (κ2) is 6.03. The van der Waals surface area contributed by atoms with Crippen LogP contribution in [0.25, 0.3) is 0 Å². The number of hydrogen-bond acceptors (Lipinski definition) is 2.